The molecule has 0 radical (unpaired) electrons. The molecule has 3 aromatic rings. The van der Waals surface area contributed by atoms with Crippen molar-refractivity contribution in [2.24, 2.45) is 0 Å². The SMILES string of the molecule is COCCC(=O)N1CCN(c2nc(C3CC3)c(-c3ccc4nccn4c3)cc2C#N)CC1C. The summed E-state index contributed by atoms with van der Waals surface area (Å²) in [4.78, 5) is 26.0. The van der Waals surface area contributed by atoms with Gasteiger partial charge in [-0.05, 0) is 38.0 Å². The fraction of sp³-hybridized carbons (Fsp3) is 0.440. The molecule has 8 nitrogen and oxygen atoms in total. The molecule has 1 amide bonds. The maximum atomic E-state index is 12.5. The number of aromatic nitrogens is 3. The lowest BCUT2D eigenvalue weighted by molar-refractivity contribution is -0.134. The van der Waals surface area contributed by atoms with E-state index in [-0.39, 0.29) is 11.9 Å². The molecule has 0 aromatic carbocycles. The van der Waals surface area contributed by atoms with Crippen molar-refractivity contribution in [1.82, 2.24) is 19.3 Å². The van der Waals surface area contributed by atoms with Crippen molar-refractivity contribution in [2.75, 3.05) is 38.3 Å². The molecule has 1 saturated carbocycles. The summed E-state index contributed by atoms with van der Waals surface area (Å²) in [5.74, 6) is 1.28. The lowest BCUT2D eigenvalue weighted by atomic mass is 10.00. The van der Waals surface area contributed by atoms with Crippen molar-refractivity contribution in [2.45, 2.75) is 38.1 Å². The van der Waals surface area contributed by atoms with E-state index >= 15 is 0 Å². The van der Waals surface area contributed by atoms with Gasteiger partial charge in [-0.2, -0.15) is 5.26 Å². The number of carbonyl (C=O) groups is 1. The van der Waals surface area contributed by atoms with E-state index < -0.39 is 0 Å². The van der Waals surface area contributed by atoms with Gasteiger partial charge in [-0.1, -0.05) is 0 Å². The average Bonchev–Trinajstić information content (AvgIpc) is 3.58. The van der Waals surface area contributed by atoms with Crippen molar-refractivity contribution in [1.29, 1.82) is 5.26 Å². The number of pyridine rings is 2. The van der Waals surface area contributed by atoms with Crippen LogP contribution in [0.25, 0.3) is 16.8 Å². The van der Waals surface area contributed by atoms with E-state index in [0.717, 1.165) is 41.1 Å². The van der Waals surface area contributed by atoms with Crippen molar-refractivity contribution >= 4 is 17.4 Å². The first-order valence-electron chi connectivity index (χ1n) is 11.5. The standard InChI is InChI=1S/C25H28N6O2/c1-17-15-30(10-11-31(17)23(32)7-12-33-2)25-20(14-26)13-21(24(28-25)18-3-4-18)19-5-6-22-27-8-9-29(22)16-19/h5-6,8-9,13,16-18H,3-4,7,10-12,15H2,1-2H3. The Morgan fingerprint density at radius 3 is 2.88 bits per heavy atom. The number of imidazole rings is 1. The minimum atomic E-state index is 0.0455. The number of rotatable bonds is 6. The molecular weight excluding hydrogens is 416 g/mol. The first-order valence-corrected chi connectivity index (χ1v) is 11.5. The number of amides is 1. The molecular formula is C25H28N6O2. The molecule has 0 N–H and O–H groups in total. The molecule has 33 heavy (non-hydrogen) atoms. The largest absolute Gasteiger partial charge is 0.384 e. The third kappa shape index (κ3) is 4.16. The molecule has 8 heteroatoms. The van der Waals surface area contributed by atoms with Gasteiger partial charge in [0.15, 0.2) is 0 Å². The minimum absolute atomic E-state index is 0.0455. The monoisotopic (exact) mass is 444 g/mol. The molecule has 1 saturated heterocycles. The Morgan fingerprint density at radius 1 is 1.30 bits per heavy atom. The van der Waals surface area contributed by atoms with Gasteiger partial charge in [0.25, 0.3) is 0 Å². The van der Waals surface area contributed by atoms with E-state index in [1.165, 1.54) is 0 Å². The molecule has 5 rings (SSSR count). The Labute approximate surface area is 193 Å². The zero-order valence-corrected chi connectivity index (χ0v) is 19.1. The maximum Gasteiger partial charge on any atom is 0.225 e. The zero-order valence-electron chi connectivity index (χ0n) is 19.1. The van der Waals surface area contributed by atoms with Crippen LogP contribution in [0.5, 0.6) is 0 Å². The number of hydrogen-bond acceptors (Lipinski definition) is 6. The number of nitrogens with zero attached hydrogens (tertiary/aromatic N) is 6. The van der Waals surface area contributed by atoms with Crippen LogP contribution in [0.1, 0.15) is 43.4 Å². The fourth-order valence-electron chi connectivity index (χ4n) is 4.67. The van der Waals surface area contributed by atoms with Crippen LogP contribution in [-0.2, 0) is 9.53 Å². The van der Waals surface area contributed by atoms with Gasteiger partial charge >= 0.3 is 0 Å². The smallest absolute Gasteiger partial charge is 0.225 e. The molecule has 0 bridgehead atoms. The van der Waals surface area contributed by atoms with Crippen LogP contribution in [0, 0.1) is 11.3 Å². The molecule has 1 aliphatic carbocycles. The van der Waals surface area contributed by atoms with Gasteiger partial charge in [-0.3, -0.25) is 4.79 Å². The van der Waals surface area contributed by atoms with E-state index in [2.05, 4.69) is 35.1 Å². The average molecular weight is 445 g/mol. The van der Waals surface area contributed by atoms with Gasteiger partial charge in [0.2, 0.25) is 5.91 Å². The molecule has 2 fully saturated rings. The third-order valence-corrected chi connectivity index (χ3v) is 6.58. The second-order valence-electron chi connectivity index (χ2n) is 8.91. The number of nitriles is 1. The highest BCUT2D eigenvalue weighted by atomic mass is 16.5. The van der Waals surface area contributed by atoms with Gasteiger partial charge in [0.1, 0.15) is 17.5 Å². The van der Waals surface area contributed by atoms with Crippen molar-refractivity contribution < 1.29 is 9.53 Å². The topological polar surface area (TPSA) is 86.8 Å². The molecule has 1 unspecified atom stereocenters. The van der Waals surface area contributed by atoms with Crippen LogP contribution in [0.4, 0.5) is 5.82 Å². The molecule has 0 spiro atoms. The van der Waals surface area contributed by atoms with Crippen molar-refractivity contribution in [3.05, 3.63) is 48.0 Å². The van der Waals surface area contributed by atoms with E-state index in [9.17, 15) is 10.1 Å². The van der Waals surface area contributed by atoms with Crippen molar-refractivity contribution in [3.63, 3.8) is 0 Å². The van der Waals surface area contributed by atoms with Crippen LogP contribution in [0.2, 0.25) is 0 Å². The molecule has 1 aliphatic heterocycles. The van der Waals surface area contributed by atoms with Gasteiger partial charge in [-0.15, -0.1) is 0 Å². The fourth-order valence-corrected chi connectivity index (χ4v) is 4.67. The van der Waals surface area contributed by atoms with Crippen molar-refractivity contribution in [3.8, 4) is 17.2 Å². The molecule has 4 heterocycles. The summed E-state index contributed by atoms with van der Waals surface area (Å²) in [5, 5.41) is 10.00. The number of piperazine rings is 1. The second-order valence-corrected chi connectivity index (χ2v) is 8.91. The second kappa shape index (κ2) is 8.83. The summed E-state index contributed by atoms with van der Waals surface area (Å²) in [7, 11) is 1.61. The van der Waals surface area contributed by atoms with E-state index in [1.54, 1.807) is 13.3 Å². The summed E-state index contributed by atoms with van der Waals surface area (Å²) >= 11 is 0. The number of ether oxygens (including phenoxy) is 1. The Morgan fingerprint density at radius 2 is 2.15 bits per heavy atom. The van der Waals surface area contributed by atoms with Gasteiger partial charge in [0.05, 0.1) is 24.3 Å². The van der Waals surface area contributed by atoms with Gasteiger partial charge in [-0.25, -0.2) is 9.97 Å². The Hall–Kier alpha value is -3.44. The Kier molecular flexibility index (Phi) is 5.73. The molecule has 2 aliphatic rings. The summed E-state index contributed by atoms with van der Waals surface area (Å²) in [6.45, 7) is 4.43. The molecule has 1 atom stereocenters. The summed E-state index contributed by atoms with van der Waals surface area (Å²) in [6.07, 6.45) is 8.40. The van der Waals surface area contributed by atoms with Crippen LogP contribution >= 0.6 is 0 Å². The van der Waals surface area contributed by atoms with Gasteiger partial charge < -0.3 is 18.9 Å². The quantitative estimate of drug-likeness (QED) is 0.580. The number of methoxy groups -OCH3 is 1. The minimum Gasteiger partial charge on any atom is -0.384 e. The summed E-state index contributed by atoms with van der Waals surface area (Å²) in [5.41, 5.74) is 4.60. The predicted molar refractivity (Wildman–Crippen MR) is 125 cm³/mol. The highest BCUT2D eigenvalue weighted by molar-refractivity contribution is 5.77. The van der Waals surface area contributed by atoms with Crippen LogP contribution < -0.4 is 4.90 Å². The lowest BCUT2D eigenvalue weighted by Gasteiger charge is -2.41. The number of fused-ring (bicyclic) bond motifs is 1. The molecule has 3 aromatic heterocycles. The highest BCUT2D eigenvalue weighted by Crippen LogP contribution is 2.45. The lowest BCUT2D eigenvalue weighted by Crippen LogP contribution is -2.54. The normalized spacial score (nSPS) is 18.5. The number of hydrogen-bond donors (Lipinski definition) is 0. The summed E-state index contributed by atoms with van der Waals surface area (Å²) < 4.78 is 7.05. The molecule has 170 valence electrons. The predicted octanol–water partition coefficient (Wildman–Crippen LogP) is 3.22. The van der Waals surface area contributed by atoms with Crippen LogP contribution in [0.15, 0.2) is 36.8 Å². The Balaban J connectivity index is 1.46. The first-order chi connectivity index (χ1) is 16.1. The highest BCUT2D eigenvalue weighted by Gasteiger charge is 2.33. The van der Waals surface area contributed by atoms with E-state index in [1.807, 2.05) is 27.6 Å². The maximum absolute atomic E-state index is 12.5. The number of anilines is 1. The van der Waals surface area contributed by atoms with E-state index in [4.69, 9.17) is 9.72 Å². The summed E-state index contributed by atoms with van der Waals surface area (Å²) in [6, 6.07) is 8.47. The third-order valence-electron chi connectivity index (χ3n) is 6.58. The van der Waals surface area contributed by atoms with Gasteiger partial charge in [0, 0.05) is 68.4 Å². The van der Waals surface area contributed by atoms with E-state index in [0.29, 0.717) is 44.1 Å². The van der Waals surface area contributed by atoms with Crippen LogP contribution in [0.3, 0.4) is 0 Å². The van der Waals surface area contributed by atoms with Crippen LogP contribution in [-0.4, -0.2) is 64.6 Å². The number of carbonyl (C=O) groups excluding carboxylic acids is 1. The first kappa shape index (κ1) is 21.4. The Bertz CT molecular complexity index is 1230. The zero-order chi connectivity index (χ0) is 22.9.